The van der Waals surface area contributed by atoms with Gasteiger partial charge in [0.25, 0.3) is 5.91 Å². The Morgan fingerprint density at radius 2 is 1.97 bits per heavy atom. The topological polar surface area (TPSA) is 88.9 Å². The Labute approximate surface area is 179 Å². The number of methoxy groups -OCH3 is 1. The molecule has 1 aliphatic heterocycles. The van der Waals surface area contributed by atoms with Crippen molar-refractivity contribution in [2.24, 2.45) is 0 Å². The van der Waals surface area contributed by atoms with Gasteiger partial charge in [-0.2, -0.15) is 0 Å². The van der Waals surface area contributed by atoms with E-state index < -0.39 is 0 Å². The SMILES string of the molecule is COC1CC(c2ncc(-c3cccnc3)[nH]2)N(C(=O)c2cncn2-c2ccccc2)C1. The van der Waals surface area contributed by atoms with Crippen LogP contribution >= 0.6 is 0 Å². The molecule has 2 unspecified atom stereocenters. The summed E-state index contributed by atoms with van der Waals surface area (Å²) in [5.41, 5.74) is 3.21. The summed E-state index contributed by atoms with van der Waals surface area (Å²) in [7, 11) is 1.67. The molecule has 3 aromatic heterocycles. The van der Waals surface area contributed by atoms with Gasteiger partial charge in [-0.3, -0.25) is 14.3 Å². The van der Waals surface area contributed by atoms with Gasteiger partial charge in [-0.05, 0) is 24.3 Å². The number of nitrogens with zero attached hydrogens (tertiary/aromatic N) is 5. The van der Waals surface area contributed by atoms with Gasteiger partial charge in [0.05, 0.1) is 36.6 Å². The van der Waals surface area contributed by atoms with Crippen LogP contribution in [-0.4, -0.2) is 55.1 Å². The van der Waals surface area contributed by atoms with Crippen molar-refractivity contribution in [3.05, 3.63) is 85.1 Å². The van der Waals surface area contributed by atoms with Crippen molar-refractivity contribution < 1.29 is 9.53 Å². The highest BCUT2D eigenvalue weighted by Gasteiger charge is 2.39. The average Bonchev–Trinajstić information content (AvgIpc) is 3.59. The lowest BCUT2D eigenvalue weighted by Crippen LogP contribution is -2.33. The molecule has 0 saturated carbocycles. The first-order chi connectivity index (χ1) is 15.2. The van der Waals surface area contributed by atoms with Crippen molar-refractivity contribution >= 4 is 5.91 Å². The number of ether oxygens (including phenoxy) is 1. The number of carbonyl (C=O) groups is 1. The smallest absolute Gasteiger partial charge is 0.273 e. The predicted octanol–water partition coefficient (Wildman–Crippen LogP) is 3.26. The Balaban J connectivity index is 1.47. The van der Waals surface area contributed by atoms with Crippen LogP contribution in [0.1, 0.15) is 28.8 Å². The van der Waals surface area contributed by atoms with E-state index in [-0.39, 0.29) is 18.1 Å². The van der Waals surface area contributed by atoms with Crippen LogP contribution in [0.15, 0.2) is 73.6 Å². The van der Waals surface area contributed by atoms with E-state index in [4.69, 9.17) is 4.74 Å². The van der Waals surface area contributed by atoms with Crippen molar-refractivity contribution in [3.8, 4) is 16.9 Å². The molecule has 1 aromatic carbocycles. The zero-order valence-electron chi connectivity index (χ0n) is 17.0. The van der Waals surface area contributed by atoms with Crippen LogP contribution in [0.4, 0.5) is 0 Å². The van der Waals surface area contributed by atoms with Crippen molar-refractivity contribution in [2.45, 2.75) is 18.6 Å². The van der Waals surface area contributed by atoms with Crippen LogP contribution in [-0.2, 0) is 4.74 Å². The number of nitrogens with one attached hydrogen (secondary N) is 1. The number of aromatic nitrogens is 5. The number of para-hydroxylation sites is 1. The Morgan fingerprint density at radius 3 is 2.74 bits per heavy atom. The van der Waals surface area contributed by atoms with Crippen LogP contribution in [0, 0.1) is 0 Å². The molecular weight excluding hydrogens is 392 g/mol. The second-order valence-electron chi connectivity index (χ2n) is 7.47. The number of H-pyrrole nitrogens is 1. The molecule has 4 aromatic rings. The number of amides is 1. The molecule has 0 spiro atoms. The summed E-state index contributed by atoms with van der Waals surface area (Å²) in [4.78, 5) is 31.7. The monoisotopic (exact) mass is 414 g/mol. The van der Waals surface area contributed by atoms with E-state index in [1.807, 2.05) is 51.9 Å². The highest BCUT2D eigenvalue weighted by atomic mass is 16.5. The van der Waals surface area contributed by atoms with Gasteiger partial charge in [-0.25, -0.2) is 9.97 Å². The molecule has 8 heteroatoms. The minimum absolute atomic E-state index is 0.0611. The number of hydrogen-bond acceptors (Lipinski definition) is 5. The average molecular weight is 414 g/mol. The fourth-order valence-corrected chi connectivity index (χ4v) is 4.02. The van der Waals surface area contributed by atoms with Gasteiger partial charge in [0.1, 0.15) is 11.5 Å². The number of aromatic amines is 1. The lowest BCUT2D eigenvalue weighted by atomic mass is 10.2. The van der Waals surface area contributed by atoms with E-state index in [0.29, 0.717) is 18.7 Å². The van der Waals surface area contributed by atoms with Crippen LogP contribution in [0.5, 0.6) is 0 Å². The molecule has 1 N–H and O–H groups in total. The van der Waals surface area contributed by atoms with Gasteiger partial charge in [0.15, 0.2) is 0 Å². The molecule has 31 heavy (non-hydrogen) atoms. The minimum Gasteiger partial charge on any atom is -0.380 e. The standard InChI is InChI=1S/C23H22N6O2/c1-31-18-10-20(22-26-12-19(27-22)16-6-5-9-24-11-16)28(14-18)23(30)21-13-25-15-29(21)17-7-3-2-4-8-17/h2-9,11-13,15,18,20H,10,14H2,1H3,(H,26,27). The predicted molar refractivity (Wildman–Crippen MR) is 115 cm³/mol. The molecule has 156 valence electrons. The van der Waals surface area contributed by atoms with Crippen molar-refractivity contribution in [3.63, 3.8) is 0 Å². The van der Waals surface area contributed by atoms with Crippen LogP contribution in [0.3, 0.4) is 0 Å². The maximum absolute atomic E-state index is 13.6. The number of pyridine rings is 1. The Morgan fingerprint density at radius 1 is 1.10 bits per heavy atom. The first-order valence-corrected chi connectivity index (χ1v) is 10.1. The molecule has 4 heterocycles. The summed E-state index contributed by atoms with van der Waals surface area (Å²) in [6.07, 6.45) is 9.17. The van der Waals surface area contributed by atoms with E-state index >= 15 is 0 Å². The molecule has 0 aliphatic carbocycles. The molecule has 0 radical (unpaired) electrons. The largest absolute Gasteiger partial charge is 0.380 e. The zero-order valence-corrected chi connectivity index (χ0v) is 17.0. The molecule has 2 atom stereocenters. The molecule has 8 nitrogen and oxygen atoms in total. The van der Waals surface area contributed by atoms with Crippen molar-refractivity contribution in [1.29, 1.82) is 0 Å². The number of imidazole rings is 2. The van der Waals surface area contributed by atoms with Crippen LogP contribution in [0.2, 0.25) is 0 Å². The first kappa shape index (κ1) is 19.2. The minimum atomic E-state index is -0.220. The fourth-order valence-electron chi connectivity index (χ4n) is 4.02. The van der Waals surface area contributed by atoms with Crippen molar-refractivity contribution in [1.82, 2.24) is 29.4 Å². The summed E-state index contributed by atoms with van der Waals surface area (Å²) in [5, 5.41) is 0. The lowest BCUT2D eigenvalue weighted by Gasteiger charge is -2.23. The summed E-state index contributed by atoms with van der Waals surface area (Å²) < 4.78 is 7.41. The van der Waals surface area contributed by atoms with Crippen LogP contribution < -0.4 is 0 Å². The maximum atomic E-state index is 13.6. The second-order valence-corrected chi connectivity index (χ2v) is 7.47. The van der Waals surface area contributed by atoms with Gasteiger partial charge in [0, 0.05) is 43.7 Å². The van der Waals surface area contributed by atoms with Gasteiger partial charge >= 0.3 is 0 Å². The normalized spacial score (nSPS) is 18.4. The van der Waals surface area contributed by atoms with E-state index in [2.05, 4.69) is 19.9 Å². The third kappa shape index (κ3) is 3.62. The van der Waals surface area contributed by atoms with Gasteiger partial charge < -0.3 is 14.6 Å². The van der Waals surface area contributed by atoms with E-state index in [1.165, 1.54) is 0 Å². The van der Waals surface area contributed by atoms with Gasteiger partial charge in [-0.15, -0.1) is 0 Å². The molecule has 1 saturated heterocycles. The third-order valence-electron chi connectivity index (χ3n) is 5.63. The summed E-state index contributed by atoms with van der Waals surface area (Å²) in [6.45, 7) is 0.489. The number of likely N-dealkylation sites (tertiary alicyclic amines) is 1. The maximum Gasteiger partial charge on any atom is 0.273 e. The quantitative estimate of drug-likeness (QED) is 0.541. The molecule has 1 fully saturated rings. The summed E-state index contributed by atoms with van der Waals surface area (Å²) in [6, 6.07) is 13.3. The molecule has 0 bridgehead atoms. The van der Waals surface area contributed by atoms with Gasteiger partial charge in [-0.1, -0.05) is 18.2 Å². The number of carbonyl (C=O) groups excluding carboxylic acids is 1. The first-order valence-electron chi connectivity index (χ1n) is 10.1. The third-order valence-corrected chi connectivity index (χ3v) is 5.63. The molecular formula is C23H22N6O2. The summed E-state index contributed by atoms with van der Waals surface area (Å²) in [5.74, 6) is 0.628. The number of benzene rings is 1. The Bertz CT molecular complexity index is 1170. The highest BCUT2D eigenvalue weighted by Crippen LogP contribution is 2.34. The summed E-state index contributed by atoms with van der Waals surface area (Å²) >= 11 is 0. The van der Waals surface area contributed by atoms with E-state index in [1.54, 1.807) is 38.2 Å². The number of hydrogen-bond donors (Lipinski definition) is 1. The molecule has 5 rings (SSSR count). The molecule has 1 aliphatic rings. The Hall–Kier alpha value is -3.78. The lowest BCUT2D eigenvalue weighted by molar-refractivity contribution is 0.0677. The molecule has 1 amide bonds. The van der Waals surface area contributed by atoms with Crippen LogP contribution in [0.25, 0.3) is 16.9 Å². The number of rotatable bonds is 5. The fraction of sp³-hybridized carbons (Fsp3) is 0.217. The van der Waals surface area contributed by atoms with E-state index in [9.17, 15) is 4.79 Å². The zero-order chi connectivity index (χ0) is 21.2. The van der Waals surface area contributed by atoms with Crippen molar-refractivity contribution in [2.75, 3.05) is 13.7 Å². The Kier molecular flexibility index (Phi) is 5.05. The highest BCUT2D eigenvalue weighted by molar-refractivity contribution is 5.93. The second kappa shape index (κ2) is 8.16. The van der Waals surface area contributed by atoms with E-state index in [0.717, 1.165) is 22.8 Å². The van der Waals surface area contributed by atoms with Gasteiger partial charge in [0.2, 0.25) is 0 Å².